The van der Waals surface area contributed by atoms with E-state index in [1.807, 2.05) is 31.2 Å². The second-order valence-corrected chi connectivity index (χ2v) is 7.45. The molecule has 0 aliphatic rings. The molecule has 1 heterocycles. The fourth-order valence-corrected chi connectivity index (χ4v) is 3.72. The van der Waals surface area contributed by atoms with E-state index < -0.39 is 10.0 Å². The predicted octanol–water partition coefficient (Wildman–Crippen LogP) is 3.31. The Bertz CT molecular complexity index is 1040. The molecule has 25 heavy (non-hydrogen) atoms. The molecular formula is C16H12N4O3S2. The van der Waals surface area contributed by atoms with E-state index in [1.165, 1.54) is 24.5 Å². The Balaban J connectivity index is 1.92. The van der Waals surface area contributed by atoms with Crippen molar-refractivity contribution in [3.05, 3.63) is 59.9 Å². The third-order valence-electron chi connectivity index (χ3n) is 3.28. The van der Waals surface area contributed by atoms with Crippen molar-refractivity contribution >= 4 is 26.7 Å². The topological polar surface area (TPSA) is 105 Å². The maximum atomic E-state index is 12.4. The Morgan fingerprint density at radius 2 is 2.00 bits per heavy atom. The minimum atomic E-state index is -3.86. The van der Waals surface area contributed by atoms with Crippen molar-refractivity contribution in [1.82, 2.24) is 9.36 Å². The Hall–Kier alpha value is -2.96. The molecular weight excluding hydrogens is 360 g/mol. The lowest BCUT2D eigenvalue weighted by atomic mass is 10.2. The number of benzene rings is 2. The lowest BCUT2D eigenvalue weighted by molar-refractivity contribution is 0.477. The first kappa shape index (κ1) is 16.9. The van der Waals surface area contributed by atoms with Gasteiger partial charge in [-0.2, -0.15) is 9.64 Å². The number of rotatable bonds is 5. The Morgan fingerprint density at radius 3 is 2.68 bits per heavy atom. The maximum absolute atomic E-state index is 12.4. The molecule has 3 rings (SSSR count). The van der Waals surface area contributed by atoms with E-state index >= 15 is 0 Å². The summed E-state index contributed by atoms with van der Waals surface area (Å²) >= 11 is 0.920. The largest absolute Gasteiger partial charge is 0.456 e. The summed E-state index contributed by atoms with van der Waals surface area (Å²) in [6.07, 6.45) is 1.25. The molecule has 0 unspecified atom stereocenters. The Labute approximate surface area is 148 Å². The molecule has 0 saturated heterocycles. The van der Waals surface area contributed by atoms with Crippen LogP contribution in [0.1, 0.15) is 11.1 Å². The standard InChI is InChI=1S/C16H12N4O3S2/c1-11-4-2-3-5-14(11)23-15-7-6-13(8-12(15)9-17)25(21,22)20-16-18-10-19-24-16/h2-8,10H,1H3,(H,18,19,20). The summed E-state index contributed by atoms with van der Waals surface area (Å²) in [6, 6.07) is 13.4. The fraction of sp³-hybridized carbons (Fsp3) is 0.0625. The van der Waals surface area contributed by atoms with Gasteiger partial charge in [0.05, 0.1) is 10.5 Å². The zero-order valence-corrected chi connectivity index (χ0v) is 14.6. The third-order valence-corrected chi connectivity index (χ3v) is 5.32. The molecule has 0 radical (unpaired) electrons. The van der Waals surface area contributed by atoms with Crippen molar-refractivity contribution in [2.45, 2.75) is 11.8 Å². The first-order chi connectivity index (χ1) is 12.0. The number of para-hydroxylation sites is 1. The average molecular weight is 372 g/mol. The van der Waals surface area contributed by atoms with E-state index in [0.29, 0.717) is 5.75 Å². The smallest absolute Gasteiger partial charge is 0.263 e. The van der Waals surface area contributed by atoms with Gasteiger partial charge in [0.2, 0.25) is 5.13 Å². The highest BCUT2D eigenvalue weighted by Gasteiger charge is 2.18. The van der Waals surface area contributed by atoms with E-state index in [2.05, 4.69) is 14.1 Å². The van der Waals surface area contributed by atoms with Crippen LogP contribution in [0.5, 0.6) is 11.5 Å². The van der Waals surface area contributed by atoms with Gasteiger partial charge >= 0.3 is 0 Å². The summed E-state index contributed by atoms with van der Waals surface area (Å²) in [7, 11) is -3.86. The van der Waals surface area contributed by atoms with Crippen LogP contribution in [0, 0.1) is 18.3 Å². The van der Waals surface area contributed by atoms with Gasteiger partial charge in [-0.15, -0.1) is 0 Å². The van der Waals surface area contributed by atoms with Crippen LogP contribution >= 0.6 is 11.5 Å². The zero-order chi connectivity index (χ0) is 17.9. The molecule has 0 saturated carbocycles. The number of hydrogen-bond donors (Lipinski definition) is 1. The van der Waals surface area contributed by atoms with Crippen LogP contribution < -0.4 is 9.46 Å². The summed E-state index contributed by atoms with van der Waals surface area (Å²) < 4.78 is 36.5. The highest BCUT2D eigenvalue weighted by molar-refractivity contribution is 7.93. The lowest BCUT2D eigenvalue weighted by Crippen LogP contribution is -2.13. The molecule has 0 aliphatic carbocycles. The van der Waals surface area contributed by atoms with Crippen LogP contribution in [0.15, 0.2) is 53.7 Å². The molecule has 0 amide bonds. The molecule has 9 heteroatoms. The highest BCUT2D eigenvalue weighted by atomic mass is 32.2. The van der Waals surface area contributed by atoms with Crippen molar-refractivity contribution in [3.8, 4) is 17.6 Å². The van der Waals surface area contributed by atoms with E-state index in [1.54, 1.807) is 6.07 Å². The average Bonchev–Trinajstić information content (AvgIpc) is 3.09. The lowest BCUT2D eigenvalue weighted by Gasteiger charge is -2.11. The first-order valence-corrected chi connectivity index (χ1v) is 9.32. The van der Waals surface area contributed by atoms with Crippen molar-refractivity contribution in [2.24, 2.45) is 0 Å². The fourth-order valence-electron chi connectivity index (χ4n) is 2.03. The van der Waals surface area contributed by atoms with Gasteiger partial charge < -0.3 is 4.74 Å². The van der Waals surface area contributed by atoms with Gasteiger partial charge in [0.15, 0.2) is 0 Å². The van der Waals surface area contributed by atoms with Crippen LogP contribution in [0.2, 0.25) is 0 Å². The van der Waals surface area contributed by atoms with Crippen LogP contribution in [-0.4, -0.2) is 17.8 Å². The molecule has 0 bridgehead atoms. The van der Waals surface area contributed by atoms with Crippen molar-refractivity contribution in [2.75, 3.05) is 4.72 Å². The van der Waals surface area contributed by atoms with Crippen LogP contribution in [-0.2, 0) is 10.0 Å². The molecule has 3 aromatic rings. The quantitative estimate of drug-likeness (QED) is 0.737. The van der Waals surface area contributed by atoms with Gasteiger partial charge in [0.1, 0.15) is 23.9 Å². The monoisotopic (exact) mass is 372 g/mol. The molecule has 0 aliphatic heterocycles. The van der Waals surface area contributed by atoms with Crippen LogP contribution in [0.4, 0.5) is 5.13 Å². The van der Waals surface area contributed by atoms with Crippen molar-refractivity contribution in [3.63, 3.8) is 0 Å². The molecule has 0 fully saturated rings. The first-order valence-electron chi connectivity index (χ1n) is 7.07. The normalized spacial score (nSPS) is 10.9. The molecule has 7 nitrogen and oxygen atoms in total. The van der Waals surface area contributed by atoms with Gasteiger partial charge in [-0.1, -0.05) is 18.2 Å². The summed E-state index contributed by atoms with van der Waals surface area (Å²) in [6.45, 7) is 1.88. The summed E-state index contributed by atoms with van der Waals surface area (Å²) in [5.74, 6) is 0.883. The maximum Gasteiger partial charge on any atom is 0.263 e. The zero-order valence-electron chi connectivity index (χ0n) is 13.0. The minimum absolute atomic E-state index is 0.0589. The second kappa shape index (κ2) is 6.88. The van der Waals surface area contributed by atoms with E-state index in [4.69, 9.17) is 4.74 Å². The summed E-state index contributed by atoms with van der Waals surface area (Å²) in [5, 5.41) is 9.50. The Kier molecular flexibility index (Phi) is 4.65. The number of ether oxygens (including phenoxy) is 1. The summed E-state index contributed by atoms with van der Waals surface area (Å²) in [4.78, 5) is 3.72. The molecule has 0 spiro atoms. The molecule has 126 valence electrons. The number of anilines is 1. The van der Waals surface area contributed by atoms with Gasteiger partial charge in [-0.05, 0) is 36.8 Å². The number of aromatic nitrogens is 2. The number of hydrogen-bond acceptors (Lipinski definition) is 7. The number of nitrogens with zero attached hydrogens (tertiary/aromatic N) is 3. The van der Waals surface area contributed by atoms with Gasteiger partial charge in [-0.25, -0.2) is 13.4 Å². The van der Waals surface area contributed by atoms with Gasteiger partial charge in [0, 0.05) is 11.5 Å². The minimum Gasteiger partial charge on any atom is -0.456 e. The highest BCUT2D eigenvalue weighted by Crippen LogP contribution is 2.29. The van der Waals surface area contributed by atoms with E-state index in [9.17, 15) is 13.7 Å². The molecule has 2 aromatic carbocycles. The van der Waals surface area contributed by atoms with Crippen LogP contribution in [0.25, 0.3) is 0 Å². The number of nitriles is 1. The molecule has 0 atom stereocenters. The molecule has 1 N–H and O–H groups in total. The molecule has 1 aromatic heterocycles. The number of sulfonamides is 1. The Morgan fingerprint density at radius 1 is 1.20 bits per heavy atom. The third kappa shape index (κ3) is 3.76. The predicted molar refractivity (Wildman–Crippen MR) is 93.1 cm³/mol. The van der Waals surface area contributed by atoms with Crippen LogP contribution in [0.3, 0.4) is 0 Å². The van der Waals surface area contributed by atoms with E-state index in [-0.39, 0.29) is 21.3 Å². The SMILES string of the molecule is Cc1ccccc1Oc1ccc(S(=O)(=O)Nc2ncns2)cc1C#N. The van der Waals surface area contributed by atoms with Crippen molar-refractivity contribution in [1.29, 1.82) is 5.26 Å². The van der Waals surface area contributed by atoms with Gasteiger partial charge in [0.25, 0.3) is 10.0 Å². The van der Waals surface area contributed by atoms with Gasteiger partial charge in [-0.3, -0.25) is 4.72 Å². The summed E-state index contributed by atoms with van der Waals surface area (Å²) in [5.41, 5.74) is 1.02. The second-order valence-electron chi connectivity index (χ2n) is 4.99. The van der Waals surface area contributed by atoms with Crippen molar-refractivity contribution < 1.29 is 13.2 Å². The van der Waals surface area contributed by atoms with E-state index in [0.717, 1.165) is 17.1 Å². The number of aryl methyl sites for hydroxylation is 1. The number of nitrogens with one attached hydrogen (secondary N) is 1.